The summed E-state index contributed by atoms with van der Waals surface area (Å²) >= 11 is 0. The highest BCUT2D eigenvalue weighted by molar-refractivity contribution is 6.82. The van der Waals surface area contributed by atoms with Gasteiger partial charge in [0.05, 0.1) is 8.07 Å². The molecule has 1 aliphatic heterocycles. The van der Waals surface area contributed by atoms with Gasteiger partial charge in [0, 0.05) is 0 Å². The van der Waals surface area contributed by atoms with Gasteiger partial charge in [-0.1, -0.05) is 146 Å². The molecule has 1 heterocycles. The van der Waals surface area contributed by atoms with Crippen molar-refractivity contribution >= 4 is 35.2 Å². The Morgan fingerprint density at radius 1 is 0.895 bits per heavy atom. The van der Waals surface area contributed by atoms with Crippen LogP contribution in [-0.4, -0.2) is 8.07 Å². The average molecular weight is 521 g/mol. The summed E-state index contributed by atoms with van der Waals surface area (Å²) < 4.78 is 0. The lowest BCUT2D eigenvalue weighted by atomic mass is 9.74. The van der Waals surface area contributed by atoms with Gasteiger partial charge in [0.2, 0.25) is 0 Å². The van der Waals surface area contributed by atoms with E-state index in [1.54, 1.807) is 23.7 Å². The van der Waals surface area contributed by atoms with Crippen molar-refractivity contribution in [3.8, 4) is 0 Å². The van der Waals surface area contributed by atoms with E-state index in [1.165, 1.54) is 58.4 Å². The van der Waals surface area contributed by atoms with E-state index in [2.05, 4.69) is 108 Å². The highest BCUT2D eigenvalue weighted by Crippen LogP contribution is 2.62. The average Bonchev–Trinajstić information content (AvgIpc) is 3.50. The first-order valence-corrected chi connectivity index (χ1v) is 18.3. The second kappa shape index (κ2) is 9.81. The Hall–Kier alpha value is -2.12. The maximum atomic E-state index is 2.67. The van der Waals surface area contributed by atoms with Crippen LogP contribution in [0.15, 0.2) is 66.8 Å². The molecule has 0 N–H and O–H groups in total. The fourth-order valence-electron chi connectivity index (χ4n) is 9.45. The first-order valence-electron chi connectivity index (χ1n) is 15.6. The number of allylic oxidation sites excluding steroid dienone is 4. The van der Waals surface area contributed by atoms with Crippen LogP contribution in [0.2, 0.25) is 23.7 Å². The van der Waals surface area contributed by atoms with Gasteiger partial charge in [0.15, 0.2) is 0 Å². The molecule has 5 unspecified atom stereocenters. The molecule has 0 amide bonds. The first kappa shape index (κ1) is 26.1. The predicted octanol–water partition coefficient (Wildman–Crippen LogP) is 11.2. The molecule has 1 heteroatoms. The van der Waals surface area contributed by atoms with Crippen LogP contribution in [0.3, 0.4) is 0 Å². The molecule has 2 aliphatic carbocycles. The molecule has 2 fully saturated rings. The Labute approximate surface area is 232 Å². The van der Waals surface area contributed by atoms with Gasteiger partial charge >= 0.3 is 0 Å². The van der Waals surface area contributed by atoms with Gasteiger partial charge in [-0.25, -0.2) is 0 Å². The second-order valence-corrected chi connectivity index (χ2v) is 19.1. The topological polar surface area (TPSA) is 0 Å². The summed E-state index contributed by atoms with van der Waals surface area (Å²) in [6.45, 7) is 14.7. The Kier molecular flexibility index (Phi) is 6.74. The zero-order chi connectivity index (χ0) is 26.7. The third kappa shape index (κ3) is 4.15. The number of rotatable bonds is 5. The molecule has 0 radical (unpaired) electrons. The highest BCUT2D eigenvalue weighted by atomic mass is 28.3. The molecule has 0 spiro atoms. The van der Waals surface area contributed by atoms with Gasteiger partial charge in [-0.3, -0.25) is 0 Å². The summed E-state index contributed by atoms with van der Waals surface area (Å²) in [6, 6.07) is 23.3. The number of fused-ring (bicyclic) bond motifs is 3. The molecule has 1 saturated carbocycles. The van der Waals surface area contributed by atoms with Gasteiger partial charge in [0.25, 0.3) is 0 Å². The van der Waals surface area contributed by atoms with Crippen LogP contribution < -0.4 is 0 Å². The predicted molar refractivity (Wildman–Crippen MR) is 171 cm³/mol. The lowest BCUT2D eigenvalue weighted by Crippen LogP contribution is -2.42. The van der Waals surface area contributed by atoms with Gasteiger partial charge in [-0.05, 0) is 79.3 Å². The van der Waals surface area contributed by atoms with Gasteiger partial charge in [-0.2, -0.15) is 0 Å². The lowest BCUT2D eigenvalue weighted by Gasteiger charge is -2.42. The lowest BCUT2D eigenvalue weighted by molar-refractivity contribution is 0.529. The van der Waals surface area contributed by atoms with Crippen LogP contribution in [-0.2, 0) is 5.41 Å². The molecule has 6 rings (SSSR count). The Morgan fingerprint density at radius 2 is 1.47 bits per heavy atom. The quantitative estimate of drug-likeness (QED) is 0.232. The zero-order valence-electron chi connectivity index (χ0n) is 24.7. The summed E-state index contributed by atoms with van der Waals surface area (Å²) in [5.41, 5.74) is 5.70. The van der Waals surface area contributed by atoms with Crippen molar-refractivity contribution in [3.05, 3.63) is 77.9 Å². The molecule has 200 valence electrons. The minimum absolute atomic E-state index is 0.0878. The van der Waals surface area contributed by atoms with Crippen molar-refractivity contribution in [2.75, 3.05) is 0 Å². The first-order chi connectivity index (χ1) is 18.2. The highest BCUT2D eigenvalue weighted by Gasteiger charge is 2.54. The number of benzene rings is 3. The monoisotopic (exact) mass is 520 g/mol. The summed E-state index contributed by atoms with van der Waals surface area (Å²) in [6.07, 6.45) is 13.4. The van der Waals surface area contributed by atoms with E-state index >= 15 is 0 Å². The van der Waals surface area contributed by atoms with E-state index in [0.717, 1.165) is 23.3 Å². The van der Waals surface area contributed by atoms with E-state index < -0.39 is 8.07 Å². The molecule has 3 aromatic rings. The molecule has 0 bridgehead atoms. The van der Waals surface area contributed by atoms with Crippen LogP contribution in [0.1, 0.15) is 78.4 Å². The summed E-state index contributed by atoms with van der Waals surface area (Å²) in [7, 11) is -1.30. The minimum atomic E-state index is -1.30. The molecule has 5 atom stereocenters. The number of hydrogen-bond acceptors (Lipinski definition) is 0. The Bertz CT molecular complexity index is 1340. The smallest absolute Gasteiger partial charge is 0.0578 e. The Morgan fingerprint density at radius 3 is 2.03 bits per heavy atom. The van der Waals surface area contributed by atoms with Gasteiger partial charge < -0.3 is 0 Å². The third-order valence-corrected chi connectivity index (χ3v) is 17.4. The zero-order valence-corrected chi connectivity index (χ0v) is 25.7. The van der Waals surface area contributed by atoms with Crippen molar-refractivity contribution < 1.29 is 0 Å². The molecule has 1 saturated heterocycles. The molecule has 38 heavy (non-hydrogen) atoms. The van der Waals surface area contributed by atoms with E-state index in [4.69, 9.17) is 0 Å². The molecular weight excluding hydrogens is 472 g/mol. The minimum Gasteiger partial charge on any atom is -0.0808 e. The fourth-order valence-corrected chi connectivity index (χ4v) is 17.1. The van der Waals surface area contributed by atoms with Crippen molar-refractivity contribution in [1.29, 1.82) is 0 Å². The van der Waals surface area contributed by atoms with Gasteiger partial charge in [0.1, 0.15) is 0 Å². The van der Waals surface area contributed by atoms with Crippen molar-refractivity contribution in [1.82, 2.24) is 0 Å². The largest absolute Gasteiger partial charge is 0.0808 e. The standard InChI is InChI=1S/C37H48Si/c1-7-25(2)24-38(21-12-13-22-38)36-26(3)23-33-29(19-14-20-32(33)36)34-27-15-8-10-17-30(27)35(37(4,5)6)31-18-11-9-16-28(31)34/h8-11,14-20,25-26,32-33,36H,7,12-13,21-24H2,1-6H3. The molecule has 0 aromatic heterocycles. The van der Waals surface area contributed by atoms with E-state index in [0.29, 0.717) is 5.92 Å². The second-order valence-electron chi connectivity index (χ2n) is 14.3. The van der Waals surface area contributed by atoms with Crippen LogP contribution in [0, 0.1) is 23.7 Å². The van der Waals surface area contributed by atoms with Crippen molar-refractivity contribution in [2.45, 2.75) is 96.3 Å². The summed E-state index contributed by atoms with van der Waals surface area (Å²) in [5.74, 6) is 3.13. The van der Waals surface area contributed by atoms with Crippen LogP contribution in [0.4, 0.5) is 0 Å². The fraction of sp³-hybridized carbons (Fsp3) is 0.514. The number of hydrogen-bond donors (Lipinski definition) is 0. The summed E-state index contributed by atoms with van der Waals surface area (Å²) in [5, 5.41) is 5.81. The summed E-state index contributed by atoms with van der Waals surface area (Å²) in [4.78, 5) is 0. The molecule has 3 aliphatic rings. The van der Waals surface area contributed by atoms with E-state index in [1.807, 2.05) is 0 Å². The maximum absolute atomic E-state index is 2.67. The third-order valence-electron chi connectivity index (χ3n) is 10.9. The van der Waals surface area contributed by atoms with Crippen molar-refractivity contribution in [3.63, 3.8) is 0 Å². The van der Waals surface area contributed by atoms with Crippen LogP contribution in [0.5, 0.6) is 0 Å². The maximum Gasteiger partial charge on any atom is 0.0578 e. The van der Waals surface area contributed by atoms with E-state index in [-0.39, 0.29) is 5.41 Å². The van der Waals surface area contributed by atoms with Crippen LogP contribution >= 0.6 is 0 Å². The molecule has 0 nitrogen and oxygen atoms in total. The van der Waals surface area contributed by atoms with Crippen LogP contribution in [0.25, 0.3) is 27.1 Å². The normalized spacial score (nSPS) is 27.6. The molecule has 3 aromatic carbocycles. The molecular formula is C37H48Si. The SMILES string of the molecule is CCC(C)C[Si]1(C2C(C)CC3C(c4c5ccccc5c(C(C)(C)C)c5ccccc45)=CC=CC32)CCCC1. The van der Waals surface area contributed by atoms with E-state index in [9.17, 15) is 0 Å². The van der Waals surface area contributed by atoms with Gasteiger partial charge in [-0.15, -0.1) is 0 Å². The van der Waals surface area contributed by atoms with Crippen molar-refractivity contribution in [2.24, 2.45) is 23.7 Å². The Balaban J connectivity index is 1.52.